The summed E-state index contributed by atoms with van der Waals surface area (Å²) in [6.45, 7) is 1.31. The summed E-state index contributed by atoms with van der Waals surface area (Å²) < 4.78 is 11.0. The molecular weight excluding hydrogens is 416 g/mol. The molecule has 7 nitrogen and oxygen atoms in total. The van der Waals surface area contributed by atoms with Gasteiger partial charge in [0.1, 0.15) is 17.9 Å². The normalized spacial score (nSPS) is 13.0. The van der Waals surface area contributed by atoms with Gasteiger partial charge in [-0.15, -0.1) is 0 Å². The van der Waals surface area contributed by atoms with Gasteiger partial charge in [-0.1, -0.05) is 36.4 Å². The van der Waals surface area contributed by atoms with Gasteiger partial charge in [-0.3, -0.25) is 4.79 Å². The maximum Gasteiger partial charge on any atom is 0.184 e. The second kappa shape index (κ2) is 11.5. The Balaban J connectivity index is 0.000000160. The molecule has 2 aromatic carbocycles. The van der Waals surface area contributed by atoms with Gasteiger partial charge in [-0.2, -0.15) is 0 Å². The van der Waals surface area contributed by atoms with Crippen LogP contribution in [0.4, 0.5) is 23.0 Å². The van der Waals surface area contributed by atoms with Crippen LogP contribution in [-0.4, -0.2) is 29.5 Å². The molecule has 0 saturated carbocycles. The summed E-state index contributed by atoms with van der Waals surface area (Å²) in [4.78, 5) is 18.9. The van der Waals surface area contributed by atoms with Crippen molar-refractivity contribution in [3.8, 4) is 0 Å². The van der Waals surface area contributed by atoms with Crippen LogP contribution in [0.2, 0.25) is 0 Å². The number of rotatable bonds is 6. The van der Waals surface area contributed by atoms with E-state index in [0.717, 1.165) is 34.9 Å². The molecule has 7 heteroatoms. The number of aromatic nitrogens is 2. The number of benzene rings is 2. The van der Waals surface area contributed by atoms with E-state index in [1.54, 1.807) is 24.5 Å². The molecular formula is C26H24N4O3. The predicted octanol–water partition coefficient (Wildman–Crippen LogP) is 5.51. The Morgan fingerprint density at radius 3 is 1.91 bits per heavy atom. The van der Waals surface area contributed by atoms with E-state index in [0.29, 0.717) is 18.8 Å². The van der Waals surface area contributed by atoms with Gasteiger partial charge < -0.3 is 20.1 Å². The molecule has 4 aromatic rings. The lowest BCUT2D eigenvalue weighted by Crippen LogP contribution is -1.99. The first kappa shape index (κ1) is 22.1. The van der Waals surface area contributed by atoms with Crippen molar-refractivity contribution in [2.75, 3.05) is 23.8 Å². The molecule has 2 aromatic heterocycles. The third-order valence-electron chi connectivity index (χ3n) is 4.68. The van der Waals surface area contributed by atoms with Gasteiger partial charge in [0.15, 0.2) is 6.29 Å². The first-order valence-electron chi connectivity index (χ1n) is 10.5. The summed E-state index contributed by atoms with van der Waals surface area (Å²) in [5.41, 5.74) is 3.51. The molecule has 1 fully saturated rings. The molecule has 0 spiro atoms. The second-order valence-electron chi connectivity index (χ2n) is 7.12. The summed E-state index contributed by atoms with van der Waals surface area (Å²) in [5.74, 6) is 1.59. The van der Waals surface area contributed by atoms with E-state index in [4.69, 9.17) is 9.47 Å². The highest BCUT2D eigenvalue weighted by Crippen LogP contribution is 2.26. The number of hydrogen-bond acceptors (Lipinski definition) is 7. The lowest BCUT2D eigenvalue weighted by molar-refractivity contribution is -0.0440. The molecule has 1 saturated heterocycles. The number of aldehydes is 1. The Hall–Kier alpha value is -4.07. The molecule has 2 N–H and O–H groups in total. The summed E-state index contributed by atoms with van der Waals surface area (Å²) in [6, 6.07) is 26.6. The van der Waals surface area contributed by atoms with E-state index < -0.39 is 0 Å². The number of pyridine rings is 2. The number of carbonyl (C=O) groups is 1. The van der Waals surface area contributed by atoms with Crippen LogP contribution >= 0.6 is 0 Å². The number of anilines is 4. The Kier molecular flexibility index (Phi) is 7.73. The van der Waals surface area contributed by atoms with E-state index in [2.05, 4.69) is 20.6 Å². The largest absolute Gasteiger partial charge is 0.346 e. The highest BCUT2D eigenvalue weighted by Gasteiger charge is 2.18. The highest BCUT2D eigenvalue weighted by atomic mass is 16.7. The van der Waals surface area contributed by atoms with E-state index >= 15 is 0 Å². The van der Waals surface area contributed by atoms with Gasteiger partial charge in [0.05, 0.1) is 13.2 Å². The van der Waals surface area contributed by atoms with Crippen LogP contribution in [0.5, 0.6) is 0 Å². The van der Waals surface area contributed by atoms with Gasteiger partial charge in [0.25, 0.3) is 0 Å². The van der Waals surface area contributed by atoms with Crippen molar-refractivity contribution in [2.24, 2.45) is 0 Å². The minimum atomic E-state index is -0.240. The molecule has 33 heavy (non-hydrogen) atoms. The summed E-state index contributed by atoms with van der Waals surface area (Å²) in [6.07, 6.45) is 4.06. The molecule has 5 rings (SSSR count). The van der Waals surface area contributed by atoms with E-state index in [1.807, 2.05) is 72.8 Å². The standard InChI is InChI=1S/C14H14N2O2.C12H10N2O/c1-2-7-15-13(6-1)16-12-5-3-4-11(10-12)14-17-8-9-18-14;15-9-10-4-3-5-11(8-10)14-12-6-1-2-7-13-12/h1-7,10,14H,8-9H2,(H,15,16);1-9H,(H,13,14). The molecule has 0 atom stereocenters. The van der Waals surface area contributed by atoms with Crippen LogP contribution in [0.15, 0.2) is 97.3 Å². The fourth-order valence-electron chi connectivity index (χ4n) is 3.17. The van der Waals surface area contributed by atoms with Crippen molar-refractivity contribution in [3.63, 3.8) is 0 Å². The fourth-order valence-corrected chi connectivity index (χ4v) is 3.17. The molecule has 0 unspecified atom stereocenters. The minimum absolute atomic E-state index is 0.240. The maximum atomic E-state index is 10.6. The van der Waals surface area contributed by atoms with Crippen molar-refractivity contribution >= 4 is 29.3 Å². The molecule has 0 amide bonds. The van der Waals surface area contributed by atoms with Crippen molar-refractivity contribution in [2.45, 2.75) is 6.29 Å². The van der Waals surface area contributed by atoms with E-state index in [-0.39, 0.29) is 6.29 Å². The van der Waals surface area contributed by atoms with Crippen molar-refractivity contribution in [3.05, 3.63) is 108 Å². The zero-order chi connectivity index (χ0) is 22.7. The maximum absolute atomic E-state index is 10.6. The van der Waals surface area contributed by atoms with Crippen LogP contribution in [-0.2, 0) is 9.47 Å². The zero-order valence-electron chi connectivity index (χ0n) is 17.9. The molecule has 0 aliphatic carbocycles. The monoisotopic (exact) mass is 440 g/mol. The molecule has 0 radical (unpaired) electrons. The van der Waals surface area contributed by atoms with Crippen molar-refractivity contribution < 1.29 is 14.3 Å². The van der Waals surface area contributed by atoms with Gasteiger partial charge in [-0.05, 0) is 48.5 Å². The van der Waals surface area contributed by atoms with Gasteiger partial charge in [-0.25, -0.2) is 9.97 Å². The average molecular weight is 441 g/mol. The van der Waals surface area contributed by atoms with E-state index in [1.165, 1.54) is 0 Å². The smallest absolute Gasteiger partial charge is 0.184 e. The molecule has 1 aliphatic rings. The number of hydrogen-bond donors (Lipinski definition) is 2. The van der Waals surface area contributed by atoms with Crippen LogP contribution in [0.25, 0.3) is 0 Å². The van der Waals surface area contributed by atoms with Crippen LogP contribution in [0, 0.1) is 0 Å². The average Bonchev–Trinajstić information content (AvgIpc) is 3.41. The van der Waals surface area contributed by atoms with Gasteiger partial charge in [0, 0.05) is 34.9 Å². The quantitative estimate of drug-likeness (QED) is 0.383. The summed E-state index contributed by atoms with van der Waals surface area (Å²) >= 11 is 0. The first-order valence-corrected chi connectivity index (χ1v) is 10.5. The van der Waals surface area contributed by atoms with Crippen molar-refractivity contribution in [1.29, 1.82) is 0 Å². The Bertz CT molecular complexity index is 1150. The number of carbonyl (C=O) groups excluding carboxylic acids is 1. The lowest BCUT2D eigenvalue weighted by atomic mass is 10.2. The highest BCUT2D eigenvalue weighted by molar-refractivity contribution is 5.77. The second-order valence-corrected chi connectivity index (χ2v) is 7.12. The Labute approximate surface area is 192 Å². The SMILES string of the molecule is O=Cc1cccc(Nc2ccccn2)c1.c1ccc(Nc2cccc(C3OCCO3)c2)nc1. The summed E-state index contributed by atoms with van der Waals surface area (Å²) in [5, 5.41) is 6.35. The third kappa shape index (κ3) is 6.70. The Morgan fingerprint density at radius 2 is 1.33 bits per heavy atom. The topological polar surface area (TPSA) is 85.4 Å². The molecule has 3 heterocycles. The summed E-state index contributed by atoms with van der Waals surface area (Å²) in [7, 11) is 0. The van der Waals surface area contributed by atoms with Gasteiger partial charge >= 0.3 is 0 Å². The van der Waals surface area contributed by atoms with Crippen LogP contribution in [0.3, 0.4) is 0 Å². The van der Waals surface area contributed by atoms with Crippen LogP contribution in [0.1, 0.15) is 22.2 Å². The van der Waals surface area contributed by atoms with Crippen molar-refractivity contribution in [1.82, 2.24) is 9.97 Å². The molecule has 1 aliphatic heterocycles. The predicted molar refractivity (Wildman–Crippen MR) is 128 cm³/mol. The fraction of sp³-hybridized carbons (Fsp3) is 0.115. The minimum Gasteiger partial charge on any atom is -0.346 e. The van der Waals surface area contributed by atoms with E-state index in [9.17, 15) is 4.79 Å². The zero-order valence-corrected chi connectivity index (χ0v) is 17.9. The van der Waals surface area contributed by atoms with Crippen LogP contribution < -0.4 is 10.6 Å². The Morgan fingerprint density at radius 1 is 0.727 bits per heavy atom. The number of nitrogens with zero attached hydrogens (tertiary/aromatic N) is 2. The number of nitrogens with one attached hydrogen (secondary N) is 2. The molecule has 0 bridgehead atoms. The molecule has 166 valence electrons. The number of ether oxygens (including phenoxy) is 2. The first-order chi connectivity index (χ1) is 16.3. The third-order valence-corrected chi connectivity index (χ3v) is 4.68. The lowest BCUT2D eigenvalue weighted by Gasteiger charge is -2.11. The van der Waals surface area contributed by atoms with Gasteiger partial charge in [0.2, 0.25) is 0 Å².